The molecule has 4 nitrogen and oxygen atoms in total. The number of halogens is 1. The smallest absolute Gasteiger partial charge is 0.237 e. The third kappa shape index (κ3) is 3.48. The van der Waals surface area contributed by atoms with Crippen molar-refractivity contribution >= 4 is 5.91 Å². The van der Waals surface area contributed by atoms with E-state index >= 15 is 0 Å². The average Bonchev–Trinajstić information content (AvgIpc) is 2.64. The van der Waals surface area contributed by atoms with Crippen LogP contribution in [0.4, 0.5) is 4.39 Å². The van der Waals surface area contributed by atoms with Crippen molar-refractivity contribution in [2.45, 2.75) is 38.3 Å². The Bertz CT molecular complexity index is 479. The Morgan fingerprint density at radius 1 is 1.45 bits per heavy atom. The van der Waals surface area contributed by atoms with Gasteiger partial charge in [-0.2, -0.15) is 0 Å². The van der Waals surface area contributed by atoms with Crippen molar-refractivity contribution in [3.05, 3.63) is 29.6 Å². The topological polar surface area (TPSA) is 50.4 Å². The van der Waals surface area contributed by atoms with E-state index in [4.69, 9.17) is 4.74 Å². The van der Waals surface area contributed by atoms with Crippen LogP contribution in [0.5, 0.6) is 5.75 Å². The standard InChI is InChI=1S/C15H21FN2O2/c1-10(12-7-6-11(20-2)9-13(12)16)18-14-5-3-4-8-17-15(14)19/h6-7,9-10,14,18H,3-5,8H2,1-2H3,(H,17,19). The normalized spacial score (nSPS) is 20.9. The summed E-state index contributed by atoms with van der Waals surface area (Å²) in [4.78, 5) is 11.9. The lowest BCUT2D eigenvalue weighted by Gasteiger charge is -2.21. The Kier molecular flexibility index (Phi) is 4.95. The van der Waals surface area contributed by atoms with Crippen molar-refractivity contribution in [2.24, 2.45) is 0 Å². The molecule has 1 heterocycles. The monoisotopic (exact) mass is 280 g/mol. The summed E-state index contributed by atoms with van der Waals surface area (Å²) in [6, 6.07) is 4.30. The Labute approximate surface area is 118 Å². The van der Waals surface area contributed by atoms with Crippen LogP contribution < -0.4 is 15.4 Å². The van der Waals surface area contributed by atoms with Gasteiger partial charge in [0.25, 0.3) is 0 Å². The zero-order valence-corrected chi connectivity index (χ0v) is 11.9. The first-order chi connectivity index (χ1) is 9.61. The van der Waals surface area contributed by atoms with Gasteiger partial charge in [0.05, 0.1) is 13.2 Å². The van der Waals surface area contributed by atoms with Crippen LogP contribution in [0, 0.1) is 5.82 Å². The summed E-state index contributed by atoms with van der Waals surface area (Å²) in [6.45, 7) is 2.59. The number of nitrogens with one attached hydrogen (secondary N) is 2. The maximum Gasteiger partial charge on any atom is 0.237 e. The second-order valence-electron chi connectivity index (χ2n) is 5.12. The van der Waals surface area contributed by atoms with Gasteiger partial charge < -0.3 is 10.1 Å². The molecule has 0 radical (unpaired) electrons. The Morgan fingerprint density at radius 2 is 2.25 bits per heavy atom. The van der Waals surface area contributed by atoms with E-state index in [9.17, 15) is 9.18 Å². The number of hydrogen-bond acceptors (Lipinski definition) is 3. The molecule has 110 valence electrons. The van der Waals surface area contributed by atoms with E-state index in [0.29, 0.717) is 11.3 Å². The molecule has 2 unspecified atom stereocenters. The highest BCUT2D eigenvalue weighted by atomic mass is 19.1. The van der Waals surface area contributed by atoms with Crippen molar-refractivity contribution in [3.63, 3.8) is 0 Å². The van der Waals surface area contributed by atoms with Crippen LogP contribution in [0.2, 0.25) is 0 Å². The highest BCUT2D eigenvalue weighted by Crippen LogP contribution is 2.22. The molecule has 2 atom stereocenters. The first-order valence-corrected chi connectivity index (χ1v) is 6.99. The molecule has 0 saturated carbocycles. The maximum absolute atomic E-state index is 14.0. The van der Waals surface area contributed by atoms with Gasteiger partial charge in [-0.3, -0.25) is 10.1 Å². The molecule has 1 fully saturated rings. The van der Waals surface area contributed by atoms with Crippen LogP contribution in [0.25, 0.3) is 0 Å². The van der Waals surface area contributed by atoms with E-state index in [1.807, 2.05) is 6.92 Å². The summed E-state index contributed by atoms with van der Waals surface area (Å²) < 4.78 is 19.0. The summed E-state index contributed by atoms with van der Waals surface area (Å²) in [5.41, 5.74) is 0.544. The summed E-state index contributed by atoms with van der Waals surface area (Å²) in [5, 5.41) is 6.08. The number of carbonyl (C=O) groups excluding carboxylic acids is 1. The molecule has 5 heteroatoms. The Hall–Kier alpha value is -1.62. The highest BCUT2D eigenvalue weighted by molar-refractivity contribution is 5.81. The third-order valence-corrected chi connectivity index (χ3v) is 3.66. The van der Waals surface area contributed by atoms with Crippen molar-refractivity contribution in [3.8, 4) is 5.75 Å². The number of rotatable bonds is 4. The molecule has 1 aromatic carbocycles. The predicted molar refractivity (Wildman–Crippen MR) is 75.2 cm³/mol. The number of benzene rings is 1. The van der Waals surface area contributed by atoms with Crippen LogP contribution >= 0.6 is 0 Å². The quantitative estimate of drug-likeness (QED) is 0.888. The van der Waals surface area contributed by atoms with E-state index in [0.717, 1.165) is 25.8 Å². The lowest BCUT2D eigenvalue weighted by molar-refractivity contribution is -0.123. The third-order valence-electron chi connectivity index (χ3n) is 3.66. The van der Waals surface area contributed by atoms with E-state index in [1.54, 1.807) is 12.1 Å². The molecule has 1 amide bonds. The van der Waals surface area contributed by atoms with Gasteiger partial charge in [0, 0.05) is 24.2 Å². The molecule has 0 bridgehead atoms. The highest BCUT2D eigenvalue weighted by Gasteiger charge is 2.23. The van der Waals surface area contributed by atoms with E-state index in [-0.39, 0.29) is 23.8 Å². The number of amides is 1. The summed E-state index contributed by atoms with van der Waals surface area (Å²) >= 11 is 0. The van der Waals surface area contributed by atoms with Crippen molar-refractivity contribution < 1.29 is 13.9 Å². The van der Waals surface area contributed by atoms with Crippen LogP contribution in [0.15, 0.2) is 18.2 Å². The van der Waals surface area contributed by atoms with Gasteiger partial charge in [0.2, 0.25) is 5.91 Å². The van der Waals surface area contributed by atoms with Crippen LogP contribution in [-0.2, 0) is 4.79 Å². The lowest BCUT2D eigenvalue weighted by atomic mass is 10.0. The molecular weight excluding hydrogens is 259 g/mol. The molecule has 2 N–H and O–H groups in total. The number of hydrogen-bond donors (Lipinski definition) is 2. The number of methoxy groups -OCH3 is 1. The molecule has 0 aliphatic carbocycles. The Balaban J connectivity index is 2.07. The van der Waals surface area contributed by atoms with Crippen LogP contribution in [0.3, 0.4) is 0 Å². The van der Waals surface area contributed by atoms with Crippen molar-refractivity contribution in [1.29, 1.82) is 0 Å². The van der Waals surface area contributed by atoms with Gasteiger partial charge in [0.15, 0.2) is 0 Å². The molecule has 1 saturated heterocycles. The van der Waals surface area contributed by atoms with Crippen molar-refractivity contribution in [1.82, 2.24) is 10.6 Å². The predicted octanol–water partition coefficient (Wildman–Crippen LogP) is 2.15. The fourth-order valence-electron chi connectivity index (χ4n) is 2.48. The molecule has 2 rings (SSSR count). The fourth-order valence-corrected chi connectivity index (χ4v) is 2.48. The lowest BCUT2D eigenvalue weighted by Crippen LogP contribution is -2.43. The van der Waals surface area contributed by atoms with Gasteiger partial charge in [-0.25, -0.2) is 4.39 Å². The minimum Gasteiger partial charge on any atom is -0.497 e. The van der Waals surface area contributed by atoms with E-state index in [1.165, 1.54) is 13.2 Å². The molecule has 20 heavy (non-hydrogen) atoms. The number of carbonyl (C=O) groups is 1. The van der Waals surface area contributed by atoms with E-state index < -0.39 is 0 Å². The molecule has 0 spiro atoms. The summed E-state index contributed by atoms with van der Waals surface area (Å²) in [6.07, 6.45) is 2.78. The largest absolute Gasteiger partial charge is 0.497 e. The van der Waals surface area contributed by atoms with Gasteiger partial charge in [-0.15, -0.1) is 0 Å². The van der Waals surface area contributed by atoms with Gasteiger partial charge >= 0.3 is 0 Å². The zero-order valence-electron chi connectivity index (χ0n) is 11.9. The molecule has 1 aromatic rings. The second kappa shape index (κ2) is 6.70. The second-order valence-corrected chi connectivity index (χ2v) is 5.12. The maximum atomic E-state index is 14.0. The van der Waals surface area contributed by atoms with Gasteiger partial charge in [0.1, 0.15) is 11.6 Å². The SMILES string of the molecule is COc1ccc(C(C)NC2CCCCNC2=O)c(F)c1. The van der Waals surface area contributed by atoms with Crippen LogP contribution in [-0.4, -0.2) is 25.6 Å². The molecule has 0 aromatic heterocycles. The summed E-state index contributed by atoms with van der Waals surface area (Å²) in [5.74, 6) is 0.173. The molecule has 1 aliphatic rings. The van der Waals surface area contributed by atoms with Crippen molar-refractivity contribution in [2.75, 3.05) is 13.7 Å². The minimum atomic E-state index is -0.321. The first kappa shape index (κ1) is 14.8. The van der Waals surface area contributed by atoms with Crippen LogP contribution in [0.1, 0.15) is 37.8 Å². The molecule has 1 aliphatic heterocycles. The Morgan fingerprint density at radius 3 is 2.95 bits per heavy atom. The van der Waals surface area contributed by atoms with Gasteiger partial charge in [-0.05, 0) is 32.3 Å². The molecular formula is C15H21FN2O2. The summed E-state index contributed by atoms with van der Waals surface area (Å²) in [7, 11) is 1.51. The average molecular weight is 280 g/mol. The minimum absolute atomic E-state index is 0.00303. The van der Waals surface area contributed by atoms with E-state index in [2.05, 4.69) is 10.6 Å². The number of ether oxygens (including phenoxy) is 1. The first-order valence-electron chi connectivity index (χ1n) is 6.99. The fraction of sp³-hybridized carbons (Fsp3) is 0.533. The zero-order chi connectivity index (χ0) is 14.5. The van der Waals surface area contributed by atoms with Gasteiger partial charge in [-0.1, -0.05) is 6.07 Å².